The first-order chi connectivity index (χ1) is 10.3. The van der Waals surface area contributed by atoms with E-state index in [0.29, 0.717) is 17.8 Å². The normalized spacial score (nSPS) is 19.2. The van der Waals surface area contributed by atoms with Crippen molar-refractivity contribution in [3.63, 3.8) is 0 Å². The first-order valence-corrected chi connectivity index (χ1v) is 8.77. The third-order valence-corrected chi connectivity index (χ3v) is 5.30. The predicted molar refractivity (Wildman–Crippen MR) is 88.9 cm³/mol. The van der Waals surface area contributed by atoms with Crippen molar-refractivity contribution in [3.05, 3.63) is 51.7 Å². The number of nitrogens with one attached hydrogen (secondary N) is 1. The van der Waals surface area contributed by atoms with Gasteiger partial charge in [-0.2, -0.15) is 0 Å². The average Bonchev–Trinajstić information content (AvgIpc) is 3.01. The van der Waals surface area contributed by atoms with Crippen LogP contribution in [0.15, 0.2) is 35.7 Å². The molecule has 1 aromatic carbocycles. The Morgan fingerprint density at radius 2 is 2.29 bits per heavy atom. The van der Waals surface area contributed by atoms with Crippen LogP contribution < -0.4 is 5.32 Å². The Kier molecular flexibility index (Phi) is 4.61. The average molecular weight is 301 g/mol. The number of aromatic hydroxyl groups is 1. The van der Waals surface area contributed by atoms with Crippen molar-refractivity contribution in [1.29, 1.82) is 0 Å². The number of hydrogen-bond donors (Lipinski definition) is 2. The number of rotatable bonds is 5. The highest BCUT2D eigenvalue weighted by Crippen LogP contribution is 2.35. The van der Waals surface area contributed by atoms with Gasteiger partial charge in [0.25, 0.3) is 0 Å². The summed E-state index contributed by atoms with van der Waals surface area (Å²) in [7, 11) is 0. The smallest absolute Gasteiger partial charge is 0.115 e. The zero-order valence-corrected chi connectivity index (χ0v) is 13.3. The summed E-state index contributed by atoms with van der Waals surface area (Å²) in [5.41, 5.74) is 2.68. The van der Waals surface area contributed by atoms with Crippen molar-refractivity contribution in [2.24, 2.45) is 0 Å². The van der Waals surface area contributed by atoms with Crippen molar-refractivity contribution >= 4 is 11.3 Å². The second-order valence-corrected chi connectivity index (χ2v) is 6.83. The van der Waals surface area contributed by atoms with Crippen LogP contribution in [0, 0.1) is 0 Å². The van der Waals surface area contributed by atoms with Crippen LogP contribution >= 0.6 is 11.3 Å². The van der Waals surface area contributed by atoms with E-state index in [2.05, 4.69) is 35.8 Å². The van der Waals surface area contributed by atoms with Gasteiger partial charge < -0.3 is 10.4 Å². The Morgan fingerprint density at radius 1 is 1.38 bits per heavy atom. The first-order valence-electron chi connectivity index (χ1n) is 7.89. The fourth-order valence-electron chi connectivity index (χ4n) is 3.29. The van der Waals surface area contributed by atoms with Crippen LogP contribution in [0.1, 0.15) is 60.7 Å². The molecule has 1 aliphatic rings. The van der Waals surface area contributed by atoms with Gasteiger partial charge in [-0.3, -0.25) is 0 Å². The van der Waals surface area contributed by atoms with Gasteiger partial charge in [0.1, 0.15) is 5.75 Å². The highest BCUT2D eigenvalue weighted by atomic mass is 32.1. The van der Waals surface area contributed by atoms with Gasteiger partial charge in [-0.15, -0.1) is 11.3 Å². The summed E-state index contributed by atoms with van der Waals surface area (Å²) in [6, 6.07) is 11.0. The molecule has 0 saturated heterocycles. The summed E-state index contributed by atoms with van der Waals surface area (Å²) in [5.74, 6) is 0.380. The monoisotopic (exact) mass is 301 g/mol. The number of hydrogen-bond acceptors (Lipinski definition) is 3. The lowest BCUT2D eigenvalue weighted by Crippen LogP contribution is -2.28. The molecule has 1 heterocycles. The fraction of sp³-hybridized carbons (Fsp3) is 0.444. The van der Waals surface area contributed by atoms with Crippen molar-refractivity contribution in [1.82, 2.24) is 5.32 Å². The lowest BCUT2D eigenvalue weighted by molar-refractivity contribution is 0.384. The Hall–Kier alpha value is -1.32. The van der Waals surface area contributed by atoms with Crippen LogP contribution in [-0.2, 0) is 6.42 Å². The van der Waals surface area contributed by atoms with Crippen molar-refractivity contribution in [3.8, 4) is 5.75 Å². The molecule has 2 N–H and O–H groups in total. The molecule has 3 heteroatoms. The predicted octanol–water partition coefficient (Wildman–Crippen LogP) is 4.96. The summed E-state index contributed by atoms with van der Waals surface area (Å²) in [5, 5.41) is 15.8. The molecule has 1 aliphatic carbocycles. The van der Waals surface area contributed by atoms with Crippen LogP contribution in [0.2, 0.25) is 0 Å². The van der Waals surface area contributed by atoms with E-state index < -0.39 is 0 Å². The van der Waals surface area contributed by atoms with E-state index >= 15 is 0 Å². The van der Waals surface area contributed by atoms with Crippen molar-refractivity contribution < 1.29 is 5.11 Å². The second-order valence-electron chi connectivity index (χ2n) is 5.85. The number of phenols is 1. The largest absolute Gasteiger partial charge is 0.508 e. The highest BCUT2D eigenvalue weighted by molar-refractivity contribution is 7.10. The van der Waals surface area contributed by atoms with Gasteiger partial charge in [-0.25, -0.2) is 0 Å². The van der Waals surface area contributed by atoms with E-state index in [1.807, 2.05) is 23.5 Å². The molecule has 1 aromatic heterocycles. The zero-order chi connectivity index (χ0) is 14.7. The summed E-state index contributed by atoms with van der Waals surface area (Å²) in [6.45, 7) is 2.24. The maximum atomic E-state index is 9.80. The van der Waals surface area contributed by atoms with Crippen molar-refractivity contribution in [2.45, 2.75) is 51.1 Å². The molecule has 0 bridgehead atoms. The molecule has 21 heavy (non-hydrogen) atoms. The first kappa shape index (κ1) is 14.6. The van der Waals surface area contributed by atoms with E-state index in [0.717, 1.165) is 19.3 Å². The summed E-state index contributed by atoms with van der Waals surface area (Å²) in [4.78, 5) is 1.42. The SMILES string of the molecule is CCCC(NC1CCCc2ccc(O)cc21)c1cccs1. The molecule has 2 aromatic rings. The highest BCUT2D eigenvalue weighted by Gasteiger charge is 2.24. The molecular weight excluding hydrogens is 278 g/mol. The van der Waals surface area contributed by atoms with Gasteiger partial charge in [0.15, 0.2) is 0 Å². The van der Waals surface area contributed by atoms with Gasteiger partial charge >= 0.3 is 0 Å². The van der Waals surface area contributed by atoms with Crippen molar-refractivity contribution in [2.75, 3.05) is 0 Å². The van der Waals surface area contributed by atoms with Crippen LogP contribution in [0.25, 0.3) is 0 Å². The molecule has 2 atom stereocenters. The van der Waals surface area contributed by atoms with E-state index in [9.17, 15) is 5.11 Å². The van der Waals surface area contributed by atoms with E-state index in [4.69, 9.17) is 0 Å². The molecule has 0 radical (unpaired) electrons. The van der Waals surface area contributed by atoms with Gasteiger partial charge in [-0.05, 0) is 60.4 Å². The lowest BCUT2D eigenvalue weighted by Gasteiger charge is -2.30. The molecule has 0 aliphatic heterocycles. The van der Waals surface area contributed by atoms with E-state index in [1.54, 1.807) is 0 Å². The van der Waals surface area contributed by atoms with Crippen LogP contribution in [0.5, 0.6) is 5.75 Å². The molecule has 2 unspecified atom stereocenters. The lowest BCUT2D eigenvalue weighted by atomic mass is 9.87. The third kappa shape index (κ3) is 3.30. The Morgan fingerprint density at radius 3 is 3.05 bits per heavy atom. The molecule has 0 fully saturated rings. The minimum atomic E-state index is 0.361. The van der Waals surface area contributed by atoms with E-state index in [-0.39, 0.29) is 0 Å². The molecule has 0 saturated carbocycles. The third-order valence-electron chi connectivity index (χ3n) is 4.31. The van der Waals surface area contributed by atoms with Gasteiger partial charge in [0, 0.05) is 17.0 Å². The van der Waals surface area contributed by atoms with Gasteiger partial charge in [0.2, 0.25) is 0 Å². The number of aryl methyl sites for hydroxylation is 1. The Labute approximate surface area is 130 Å². The number of phenolic OH excluding ortho intramolecular Hbond substituents is 1. The molecule has 112 valence electrons. The standard InChI is InChI=1S/C18H23NOS/c1-2-5-17(18-8-4-11-21-18)19-16-7-3-6-13-9-10-14(20)12-15(13)16/h4,8-12,16-17,19-20H,2-3,5-7H2,1H3. The maximum Gasteiger partial charge on any atom is 0.115 e. The summed E-state index contributed by atoms with van der Waals surface area (Å²) in [6.07, 6.45) is 5.84. The van der Waals surface area contributed by atoms with Crippen LogP contribution in [-0.4, -0.2) is 5.11 Å². The van der Waals surface area contributed by atoms with Crippen LogP contribution in [0.3, 0.4) is 0 Å². The van der Waals surface area contributed by atoms with Crippen LogP contribution in [0.4, 0.5) is 0 Å². The maximum absolute atomic E-state index is 9.80. The quantitative estimate of drug-likeness (QED) is 0.818. The minimum absolute atomic E-state index is 0.361. The molecular formula is C18H23NOS. The topological polar surface area (TPSA) is 32.3 Å². The summed E-state index contributed by atoms with van der Waals surface area (Å²) < 4.78 is 0. The molecule has 0 spiro atoms. The van der Waals surface area contributed by atoms with Gasteiger partial charge in [0.05, 0.1) is 0 Å². The second kappa shape index (κ2) is 6.63. The fourth-order valence-corrected chi connectivity index (χ4v) is 4.11. The zero-order valence-electron chi connectivity index (χ0n) is 12.5. The summed E-state index contributed by atoms with van der Waals surface area (Å²) >= 11 is 1.83. The molecule has 3 rings (SSSR count). The molecule has 2 nitrogen and oxygen atoms in total. The van der Waals surface area contributed by atoms with Gasteiger partial charge in [-0.1, -0.05) is 25.5 Å². The van der Waals surface area contributed by atoms with E-state index in [1.165, 1.54) is 28.8 Å². The number of benzene rings is 1. The Bertz CT molecular complexity index is 579. The number of thiophene rings is 1. The minimum Gasteiger partial charge on any atom is -0.508 e. The number of fused-ring (bicyclic) bond motifs is 1. The Balaban J connectivity index is 1.83. The molecule has 0 amide bonds.